The molecule has 0 aliphatic rings. The predicted molar refractivity (Wildman–Crippen MR) is 209 cm³/mol. The van der Waals surface area contributed by atoms with Gasteiger partial charge in [-0.25, -0.2) is 0 Å². The number of hydrogen-bond donors (Lipinski definition) is 1. The first kappa shape index (κ1) is 48.0. The average Bonchev–Trinajstić information content (AvgIpc) is 2.86. The molecule has 0 aromatic rings. The number of hydrogen-bond acceptors (Lipinski definition) is 11. The monoisotopic (exact) mass is 776 g/mol. The molecule has 0 radical (unpaired) electrons. The topological polar surface area (TPSA) is 119 Å². The molecule has 0 unspecified atom stereocenters. The molecule has 0 spiro atoms. The van der Waals surface area contributed by atoms with E-state index in [1.165, 1.54) is 0 Å². The van der Waals surface area contributed by atoms with Crippen molar-refractivity contribution in [2.24, 2.45) is 9.03 Å². The molecule has 0 saturated heterocycles. The summed E-state index contributed by atoms with van der Waals surface area (Å²) in [7, 11) is 25.5. The molecule has 47 heavy (non-hydrogen) atoms. The molecule has 18 nitrogen and oxygen atoms in total. The summed E-state index contributed by atoms with van der Waals surface area (Å²) in [5.41, 5.74) is 0. The summed E-state index contributed by atoms with van der Waals surface area (Å²) >= 11 is 0. The zero-order valence-electron chi connectivity index (χ0n) is 34.2. The molecule has 0 aliphatic heterocycles. The van der Waals surface area contributed by atoms with Gasteiger partial charge in [0.15, 0.2) is 0 Å². The molecule has 23 heteroatoms. The van der Waals surface area contributed by atoms with Crippen molar-refractivity contribution in [2.75, 3.05) is 169 Å². The fraction of sp³-hybridized carbons (Fsp3) is 1.00. The molecular formula is C24H73N14O4P5. The Morgan fingerprint density at radius 1 is 0.383 bits per heavy atom. The van der Waals surface area contributed by atoms with Crippen LogP contribution in [0.5, 0.6) is 0 Å². The molecule has 0 aromatic carbocycles. The van der Waals surface area contributed by atoms with E-state index in [-0.39, 0.29) is 0 Å². The van der Waals surface area contributed by atoms with Gasteiger partial charge < -0.3 is 0 Å². The third kappa shape index (κ3) is 7.44. The Balaban J connectivity index is 8.93. The van der Waals surface area contributed by atoms with Gasteiger partial charge >= 0.3 is 290 Å². The maximum absolute atomic E-state index is 15.3. The van der Waals surface area contributed by atoms with E-state index in [1.807, 2.05) is 197 Å². The molecule has 0 rings (SSSR count). The molecular weight excluding hydrogens is 703 g/mol. The van der Waals surface area contributed by atoms with Crippen LogP contribution in [0.15, 0.2) is 9.03 Å². The molecule has 0 heterocycles. The summed E-state index contributed by atoms with van der Waals surface area (Å²) in [6.07, 6.45) is 0. The summed E-state index contributed by atoms with van der Waals surface area (Å²) in [5.74, 6) is 0. The predicted octanol–water partition coefficient (Wildman–Crippen LogP) is 4.01. The molecule has 1 N–H and O–H groups in total. The van der Waals surface area contributed by atoms with E-state index < -0.39 is 37.7 Å². The van der Waals surface area contributed by atoms with Crippen molar-refractivity contribution < 1.29 is 18.1 Å². The van der Waals surface area contributed by atoms with Crippen LogP contribution in [0, 0.1) is 0 Å². The second-order valence-corrected chi connectivity index (χ2v) is 32.7. The van der Waals surface area contributed by atoms with Gasteiger partial charge in [-0.05, 0) is 0 Å². The van der Waals surface area contributed by atoms with Crippen molar-refractivity contribution in [2.45, 2.75) is 0 Å². The number of phosphoric acid groups is 1. The zero-order chi connectivity index (χ0) is 38.2. The van der Waals surface area contributed by atoms with Crippen molar-refractivity contribution in [3.8, 4) is 0 Å². The van der Waals surface area contributed by atoms with Gasteiger partial charge in [0, 0.05) is 0 Å². The van der Waals surface area contributed by atoms with Crippen LogP contribution in [0.4, 0.5) is 0 Å². The second-order valence-electron chi connectivity index (χ2n) is 13.8. The van der Waals surface area contributed by atoms with Gasteiger partial charge in [-0.1, -0.05) is 0 Å². The Kier molecular flexibility index (Phi) is 16.2. The first-order valence-corrected chi connectivity index (χ1v) is 23.7. The SMILES string of the molecule is CN(C)P(=NP(OP(=O)(O)OP(N=P(N(C)C)(N(C)C)N(C)C)(N(C)C)(N(C)C)N(C)C)(N(C)C)(N(C)C)N(C)C)(N(C)C)N(C)C. The molecule has 288 valence electrons. The Morgan fingerprint density at radius 3 is 0.638 bits per heavy atom. The van der Waals surface area contributed by atoms with Crippen LogP contribution >= 0.6 is 37.7 Å². The number of rotatable bonds is 18. The standard InChI is InChI=1S/C24H73N14O4P5/c1-27(2)43(28(3)4,29(5)6)25-46(33(13)14,34(15)16,35(17)18)41-45(39,40)42-47(36(19)20,37(21)22,38(23)24)26-44(30(7)8,31(9)10)32(11)12/h1-24H3,(H,39,40). The Morgan fingerprint density at radius 2 is 0.532 bits per heavy atom. The zero-order valence-corrected chi connectivity index (χ0v) is 38.6. The summed E-state index contributed by atoms with van der Waals surface area (Å²) < 4.78 is 63.7. The van der Waals surface area contributed by atoms with Crippen molar-refractivity contribution >= 4 is 37.7 Å². The van der Waals surface area contributed by atoms with E-state index in [0.29, 0.717) is 0 Å². The van der Waals surface area contributed by atoms with Crippen LogP contribution in [0.1, 0.15) is 0 Å². The Bertz CT molecular complexity index is 1030. The van der Waals surface area contributed by atoms with Crippen molar-refractivity contribution in [1.82, 2.24) is 56.0 Å². The van der Waals surface area contributed by atoms with Crippen LogP contribution in [0.25, 0.3) is 0 Å². The summed E-state index contributed by atoms with van der Waals surface area (Å²) in [5, 5.41) is 0. The van der Waals surface area contributed by atoms with Crippen LogP contribution in [0.3, 0.4) is 0 Å². The number of nitrogens with zero attached hydrogens (tertiary/aromatic N) is 14. The third-order valence-corrected chi connectivity index (χ3v) is 31.7. The molecule has 0 bridgehead atoms. The van der Waals surface area contributed by atoms with E-state index in [2.05, 4.69) is 28.0 Å². The second kappa shape index (κ2) is 15.9. The maximum atomic E-state index is 15.3. The van der Waals surface area contributed by atoms with E-state index in [9.17, 15) is 4.89 Å². The minimum atomic E-state index is -5.14. The average molecular weight is 777 g/mol. The van der Waals surface area contributed by atoms with E-state index in [1.54, 1.807) is 0 Å². The summed E-state index contributed by atoms with van der Waals surface area (Å²) in [6, 6.07) is 0. The first-order chi connectivity index (χ1) is 20.8. The van der Waals surface area contributed by atoms with Crippen molar-refractivity contribution in [1.29, 1.82) is 0 Å². The van der Waals surface area contributed by atoms with Gasteiger partial charge in [-0.2, -0.15) is 0 Å². The van der Waals surface area contributed by atoms with Crippen molar-refractivity contribution in [3.05, 3.63) is 0 Å². The Hall–Kier alpha value is 0.950. The van der Waals surface area contributed by atoms with Crippen LogP contribution in [-0.2, 0) is 13.2 Å². The van der Waals surface area contributed by atoms with Crippen LogP contribution in [-0.4, -0.2) is 230 Å². The fourth-order valence-corrected chi connectivity index (χ4v) is 33.8. The van der Waals surface area contributed by atoms with Crippen LogP contribution < -0.4 is 0 Å². The first-order valence-electron chi connectivity index (χ1n) is 15.0. The molecule has 0 aromatic heterocycles. The third-order valence-electron chi connectivity index (χ3n) is 8.47. The minimum absolute atomic E-state index is 1.83. The molecule has 0 amide bonds. The summed E-state index contributed by atoms with van der Waals surface area (Å²) in [6.45, 7) is 0. The summed E-state index contributed by atoms with van der Waals surface area (Å²) in [4.78, 5) is 12.5. The molecule has 0 atom stereocenters. The van der Waals surface area contributed by atoms with Gasteiger partial charge in [0.25, 0.3) is 0 Å². The fourth-order valence-electron chi connectivity index (χ4n) is 6.53. The van der Waals surface area contributed by atoms with Gasteiger partial charge in [0.1, 0.15) is 0 Å². The quantitative estimate of drug-likeness (QED) is 0.202. The van der Waals surface area contributed by atoms with Crippen LogP contribution in [0.2, 0.25) is 0 Å². The van der Waals surface area contributed by atoms with Gasteiger partial charge in [-0.3, -0.25) is 0 Å². The molecule has 0 aliphatic carbocycles. The molecule has 0 fully saturated rings. The van der Waals surface area contributed by atoms with E-state index in [0.717, 1.165) is 0 Å². The van der Waals surface area contributed by atoms with Gasteiger partial charge in [-0.15, -0.1) is 0 Å². The van der Waals surface area contributed by atoms with Gasteiger partial charge in [0.05, 0.1) is 0 Å². The molecule has 0 saturated carbocycles. The van der Waals surface area contributed by atoms with Gasteiger partial charge in [0.2, 0.25) is 0 Å². The Labute approximate surface area is 289 Å². The normalized spacial score (nSPS) is 17.7. The van der Waals surface area contributed by atoms with E-state index in [4.69, 9.17) is 17.7 Å². The van der Waals surface area contributed by atoms with Crippen molar-refractivity contribution in [3.63, 3.8) is 0 Å². The van der Waals surface area contributed by atoms with E-state index >= 15 is 4.57 Å².